The Hall–Kier alpha value is -1.89. The minimum Gasteiger partial charge on any atom is -0.497 e. The van der Waals surface area contributed by atoms with E-state index in [1.165, 1.54) is 0 Å². The molecule has 0 bridgehead atoms. The van der Waals surface area contributed by atoms with E-state index in [1.54, 1.807) is 7.11 Å². The maximum atomic E-state index is 5.68. The maximum Gasteiger partial charge on any atom is 0.121 e. The van der Waals surface area contributed by atoms with Gasteiger partial charge in [0.15, 0.2) is 0 Å². The van der Waals surface area contributed by atoms with E-state index in [1.807, 2.05) is 41.3 Å². The quantitative estimate of drug-likeness (QED) is 0.812. The van der Waals surface area contributed by atoms with Crippen LogP contribution < -0.4 is 4.74 Å². The highest BCUT2D eigenvalue weighted by molar-refractivity contribution is 5.38. The minimum atomic E-state index is 0.155. The van der Waals surface area contributed by atoms with Crippen LogP contribution in [0.25, 0.3) is 5.69 Å². The average Bonchev–Trinajstić information content (AvgIpc) is 3.04. The normalized spacial score (nSPS) is 18.3. The van der Waals surface area contributed by atoms with Gasteiger partial charge in [-0.2, -0.15) is 5.10 Å². The molecule has 0 spiro atoms. The molecule has 2 heterocycles. The Labute approximate surface area is 136 Å². The summed E-state index contributed by atoms with van der Waals surface area (Å²) >= 11 is 0. The van der Waals surface area contributed by atoms with Crippen LogP contribution in [0.1, 0.15) is 5.56 Å². The van der Waals surface area contributed by atoms with Crippen molar-refractivity contribution in [3.05, 3.63) is 42.2 Å². The number of benzene rings is 1. The van der Waals surface area contributed by atoms with Crippen LogP contribution in [0.4, 0.5) is 0 Å². The summed E-state index contributed by atoms with van der Waals surface area (Å²) in [6.45, 7) is 3.74. The molecule has 23 heavy (non-hydrogen) atoms. The Morgan fingerprint density at radius 1 is 1.39 bits per heavy atom. The van der Waals surface area contributed by atoms with Gasteiger partial charge in [0.1, 0.15) is 5.75 Å². The number of rotatable bonds is 6. The molecule has 3 rings (SSSR count). The first-order valence-electron chi connectivity index (χ1n) is 7.80. The van der Waals surface area contributed by atoms with Crippen molar-refractivity contribution >= 4 is 0 Å². The van der Waals surface area contributed by atoms with Crippen LogP contribution in [0.5, 0.6) is 5.75 Å². The van der Waals surface area contributed by atoms with Gasteiger partial charge in [-0.05, 0) is 19.2 Å². The minimum absolute atomic E-state index is 0.155. The van der Waals surface area contributed by atoms with Gasteiger partial charge < -0.3 is 14.2 Å². The van der Waals surface area contributed by atoms with Crippen molar-refractivity contribution in [2.45, 2.75) is 12.6 Å². The topological polar surface area (TPSA) is 48.8 Å². The van der Waals surface area contributed by atoms with Gasteiger partial charge in [0, 0.05) is 30.9 Å². The van der Waals surface area contributed by atoms with Crippen LogP contribution >= 0.6 is 0 Å². The fraction of sp³-hybridized carbons (Fsp3) is 0.471. The first-order valence-corrected chi connectivity index (χ1v) is 7.80. The highest BCUT2D eigenvalue weighted by atomic mass is 16.6. The monoisotopic (exact) mass is 317 g/mol. The van der Waals surface area contributed by atoms with Gasteiger partial charge in [0.25, 0.3) is 0 Å². The first-order chi connectivity index (χ1) is 11.2. The standard InChI is InChI=1S/C17H23N3O3/c1-19(12-17-13-22-6-7-23-17)10-14-9-18-20(11-14)15-4-3-5-16(8-15)21-2/h3-5,8-9,11,17H,6-7,10,12-13H2,1-2H3/t17-/m1/s1. The second-order valence-electron chi connectivity index (χ2n) is 5.76. The van der Waals surface area contributed by atoms with Gasteiger partial charge in [0.2, 0.25) is 0 Å². The fourth-order valence-corrected chi connectivity index (χ4v) is 2.70. The van der Waals surface area contributed by atoms with Crippen molar-refractivity contribution in [3.63, 3.8) is 0 Å². The van der Waals surface area contributed by atoms with E-state index in [2.05, 4.69) is 17.0 Å². The number of ether oxygens (including phenoxy) is 3. The van der Waals surface area contributed by atoms with Crippen LogP contribution in [-0.2, 0) is 16.0 Å². The number of hydrogen-bond donors (Lipinski definition) is 0. The van der Waals surface area contributed by atoms with E-state index in [-0.39, 0.29) is 6.10 Å². The zero-order valence-electron chi connectivity index (χ0n) is 13.6. The van der Waals surface area contributed by atoms with Crippen LogP contribution in [0, 0.1) is 0 Å². The summed E-state index contributed by atoms with van der Waals surface area (Å²) in [5, 5.41) is 4.44. The Morgan fingerprint density at radius 3 is 3.09 bits per heavy atom. The number of methoxy groups -OCH3 is 1. The van der Waals surface area contributed by atoms with E-state index < -0.39 is 0 Å². The molecule has 1 atom stereocenters. The third-order valence-electron chi connectivity index (χ3n) is 3.81. The van der Waals surface area contributed by atoms with E-state index >= 15 is 0 Å². The summed E-state index contributed by atoms with van der Waals surface area (Å²) in [7, 11) is 3.75. The summed E-state index contributed by atoms with van der Waals surface area (Å²) < 4.78 is 18.2. The SMILES string of the molecule is COc1cccc(-n2cc(CN(C)C[C@@H]3COCCO3)cn2)c1. The molecule has 1 fully saturated rings. The molecule has 0 saturated carbocycles. The second kappa shape index (κ2) is 7.59. The van der Waals surface area contributed by atoms with Gasteiger partial charge in [-0.1, -0.05) is 6.07 Å². The lowest BCUT2D eigenvalue weighted by Gasteiger charge is -2.27. The van der Waals surface area contributed by atoms with E-state index in [4.69, 9.17) is 14.2 Å². The predicted octanol–water partition coefficient (Wildman–Crippen LogP) is 1.73. The Morgan fingerprint density at radius 2 is 2.30 bits per heavy atom. The lowest BCUT2D eigenvalue weighted by Crippen LogP contribution is -2.38. The van der Waals surface area contributed by atoms with Crippen molar-refractivity contribution in [2.24, 2.45) is 0 Å². The molecule has 0 N–H and O–H groups in total. The average molecular weight is 317 g/mol. The van der Waals surface area contributed by atoms with Crippen LogP contribution in [-0.4, -0.2) is 61.3 Å². The third-order valence-corrected chi connectivity index (χ3v) is 3.81. The van der Waals surface area contributed by atoms with E-state index in [9.17, 15) is 0 Å². The summed E-state index contributed by atoms with van der Waals surface area (Å²) in [6, 6.07) is 7.86. The molecule has 1 aliphatic rings. The van der Waals surface area contributed by atoms with Crippen LogP contribution in [0.2, 0.25) is 0 Å². The van der Waals surface area contributed by atoms with Crippen molar-refractivity contribution in [2.75, 3.05) is 40.5 Å². The van der Waals surface area contributed by atoms with Gasteiger partial charge in [0.05, 0.1) is 44.9 Å². The molecule has 1 aromatic heterocycles. The molecule has 0 amide bonds. The Kier molecular flexibility index (Phi) is 5.27. The number of hydrogen-bond acceptors (Lipinski definition) is 5. The van der Waals surface area contributed by atoms with Gasteiger partial charge in [-0.25, -0.2) is 4.68 Å². The molecular weight excluding hydrogens is 294 g/mol. The molecule has 1 aromatic carbocycles. The molecule has 6 nitrogen and oxygen atoms in total. The second-order valence-corrected chi connectivity index (χ2v) is 5.76. The van der Waals surface area contributed by atoms with E-state index in [0.29, 0.717) is 19.8 Å². The number of nitrogens with zero attached hydrogens (tertiary/aromatic N) is 3. The van der Waals surface area contributed by atoms with E-state index in [0.717, 1.165) is 30.1 Å². The van der Waals surface area contributed by atoms with Crippen molar-refractivity contribution in [3.8, 4) is 11.4 Å². The molecule has 0 aliphatic carbocycles. The maximum absolute atomic E-state index is 5.68. The zero-order valence-corrected chi connectivity index (χ0v) is 13.6. The van der Waals surface area contributed by atoms with Gasteiger partial charge in [-0.15, -0.1) is 0 Å². The predicted molar refractivity (Wildman–Crippen MR) is 87.0 cm³/mol. The summed E-state index contributed by atoms with van der Waals surface area (Å²) in [6.07, 6.45) is 4.10. The van der Waals surface area contributed by atoms with Crippen molar-refractivity contribution < 1.29 is 14.2 Å². The number of aromatic nitrogens is 2. The van der Waals surface area contributed by atoms with Gasteiger partial charge in [-0.3, -0.25) is 4.90 Å². The molecule has 1 aliphatic heterocycles. The molecule has 0 unspecified atom stereocenters. The summed E-state index contributed by atoms with van der Waals surface area (Å²) in [5.74, 6) is 0.825. The highest BCUT2D eigenvalue weighted by Gasteiger charge is 2.16. The fourth-order valence-electron chi connectivity index (χ4n) is 2.70. The summed E-state index contributed by atoms with van der Waals surface area (Å²) in [4.78, 5) is 2.23. The smallest absolute Gasteiger partial charge is 0.121 e. The van der Waals surface area contributed by atoms with Crippen molar-refractivity contribution in [1.82, 2.24) is 14.7 Å². The molecule has 2 aromatic rings. The third kappa shape index (κ3) is 4.31. The van der Waals surface area contributed by atoms with Crippen LogP contribution in [0.15, 0.2) is 36.7 Å². The lowest BCUT2D eigenvalue weighted by atomic mass is 10.3. The number of likely N-dealkylation sites (N-methyl/N-ethyl adjacent to an activating group) is 1. The zero-order chi connectivity index (χ0) is 16.1. The molecule has 124 valence electrons. The molecule has 0 radical (unpaired) electrons. The van der Waals surface area contributed by atoms with Crippen molar-refractivity contribution in [1.29, 1.82) is 0 Å². The van der Waals surface area contributed by atoms with Gasteiger partial charge >= 0.3 is 0 Å². The molecule has 6 heteroatoms. The first kappa shape index (κ1) is 16.0. The molecular formula is C17H23N3O3. The lowest BCUT2D eigenvalue weighted by molar-refractivity contribution is -0.0962. The molecule has 1 saturated heterocycles. The summed E-state index contributed by atoms with van der Waals surface area (Å²) in [5.41, 5.74) is 2.15. The highest BCUT2D eigenvalue weighted by Crippen LogP contribution is 2.16. The largest absolute Gasteiger partial charge is 0.497 e. The Balaban J connectivity index is 1.60. The Bertz CT molecular complexity index is 623. The van der Waals surface area contributed by atoms with Crippen LogP contribution in [0.3, 0.4) is 0 Å².